The van der Waals surface area contributed by atoms with Crippen LogP contribution in [0.3, 0.4) is 0 Å². The highest BCUT2D eigenvalue weighted by Crippen LogP contribution is 2.38. The Labute approximate surface area is 122 Å². The fourth-order valence-corrected chi connectivity index (χ4v) is 3.86. The van der Waals surface area contributed by atoms with E-state index in [0.717, 1.165) is 30.1 Å². The summed E-state index contributed by atoms with van der Waals surface area (Å²) in [5.41, 5.74) is 7.82. The third kappa shape index (κ3) is 2.31. The Morgan fingerprint density at radius 2 is 2.25 bits per heavy atom. The van der Waals surface area contributed by atoms with Gasteiger partial charge in [0, 0.05) is 17.5 Å². The van der Waals surface area contributed by atoms with Gasteiger partial charge in [-0.05, 0) is 38.3 Å². The van der Waals surface area contributed by atoms with Crippen LogP contribution in [0.5, 0.6) is 0 Å². The summed E-state index contributed by atoms with van der Waals surface area (Å²) in [7, 11) is 0. The second kappa shape index (κ2) is 5.50. The zero-order chi connectivity index (χ0) is 14.1. The zero-order valence-corrected chi connectivity index (χ0v) is 12.3. The highest BCUT2D eigenvalue weighted by Gasteiger charge is 2.24. The molecule has 3 rings (SSSR count). The van der Waals surface area contributed by atoms with Gasteiger partial charge in [0.05, 0.1) is 11.4 Å². The second-order valence-electron chi connectivity index (χ2n) is 5.00. The molecule has 1 heterocycles. The van der Waals surface area contributed by atoms with Gasteiger partial charge in [0.25, 0.3) is 0 Å². The normalized spacial score (nSPS) is 17.9. The minimum atomic E-state index is -0.216. The van der Waals surface area contributed by atoms with Crippen molar-refractivity contribution in [2.24, 2.45) is 5.73 Å². The van der Waals surface area contributed by atoms with Crippen molar-refractivity contribution in [3.05, 3.63) is 40.7 Å². The number of aryl methyl sites for hydroxylation is 1. The first-order valence-corrected chi connectivity index (χ1v) is 7.79. The lowest BCUT2D eigenvalue weighted by Gasteiger charge is -2.20. The average molecular weight is 291 g/mol. The molecule has 1 atom stereocenters. The zero-order valence-electron chi connectivity index (χ0n) is 11.5. The van der Waals surface area contributed by atoms with Gasteiger partial charge in [-0.1, -0.05) is 23.5 Å². The van der Waals surface area contributed by atoms with E-state index in [2.05, 4.69) is 4.98 Å². The Morgan fingerprint density at radius 3 is 2.95 bits per heavy atom. The van der Waals surface area contributed by atoms with Gasteiger partial charge >= 0.3 is 0 Å². The summed E-state index contributed by atoms with van der Waals surface area (Å²) in [6.45, 7) is 2.69. The van der Waals surface area contributed by atoms with Crippen LogP contribution in [0, 0.1) is 5.82 Å². The molecule has 1 aliphatic rings. The van der Waals surface area contributed by atoms with Crippen LogP contribution in [0.15, 0.2) is 24.3 Å². The summed E-state index contributed by atoms with van der Waals surface area (Å²) in [4.78, 5) is 7.78. The maximum Gasteiger partial charge on any atom is 0.190 e. The van der Waals surface area contributed by atoms with Crippen LogP contribution in [0.25, 0.3) is 0 Å². The van der Waals surface area contributed by atoms with Gasteiger partial charge in [-0.25, -0.2) is 9.37 Å². The number of aromatic nitrogens is 1. The molecule has 0 radical (unpaired) electrons. The molecular weight excluding hydrogens is 273 g/mol. The van der Waals surface area contributed by atoms with Crippen LogP contribution in [0.1, 0.15) is 36.4 Å². The molecule has 106 valence electrons. The lowest BCUT2D eigenvalue weighted by atomic mass is 9.99. The van der Waals surface area contributed by atoms with E-state index in [1.165, 1.54) is 10.9 Å². The summed E-state index contributed by atoms with van der Waals surface area (Å²) >= 11 is 1.60. The van der Waals surface area contributed by atoms with Gasteiger partial charge in [0.1, 0.15) is 5.82 Å². The standard InChI is InChI=1S/C15H18FN3S/c1-2-19(13-9-4-3-6-10(13)16)15-18-12-8-5-7-11(17)14(12)20-15/h3-4,6,9,11H,2,5,7-8,17H2,1H3. The van der Waals surface area contributed by atoms with Gasteiger partial charge < -0.3 is 10.6 Å². The van der Waals surface area contributed by atoms with Crippen molar-refractivity contribution in [2.45, 2.75) is 32.2 Å². The van der Waals surface area contributed by atoms with Crippen LogP contribution >= 0.6 is 11.3 Å². The van der Waals surface area contributed by atoms with Crippen molar-refractivity contribution < 1.29 is 4.39 Å². The SMILES string of the molecule is CCN(c1nc2c(s1)C(N)CCC2)c1ccccc1F. The Kier molecular flexibility index (Phi) is 3.72. The number of hydrogen-bond donors (Lipinski definition) is 1. The Hall–Kier alpha value is -1.46. The van der Waals surface area contributed by atoms with Crippen LogP contribution in [-0.2, 0) is 6.42 Å². The molecule has 2 aromatic rings. The Balaban J connectivity index is 2.00. The summed E-state index contributed by atoms with van der Waals surface area (Å²) in [6, 6.07) is 6.91. The van der Waals surface area contributed by atoms with Gasteiger partial charge in [-0.3, -0.25) is 0 Å². The highest BCUT2D eigenvalue weighted by molar-refractivity contribution is 7.15. The smallest absolute Gasteiger partial charge is 0.190 e. The number of nitrogens with zero attached hydrogens (tertiary/aromatic N) is 2. The first kappa shape index (κ1) is 13.5. The monoisotopic (exact) mass is 291 g/mol. The minimum absolute atomic E-state index is 0.0873. The largest absolute Gasteiger partial charge is 0.323 e. The molecule has 1 unspecified atom stereocenters. The number of rotatable bonds is 3. The maximum absolute atomic E-state index is 14.0. The van der Waals surface area contributed by atoms with Gasteiger partial charge in [-0.15, -0.1) is 0 Å². The van der Waals surface area contributed by atoms with Crippen LogP contribution < -0.4 is 10.6 Å². The predicted octanol–water partition coefficient (Wildman–Crippen LogP) is 3.78. The van der Waals surface area contributed by atoms with E-state index in [-0.39, 0.29) is 11.9 Å². The summed E-state index contributed by atoms with van der Waals surface area (Å²) in [5.74, 6) is -0.216. The van der Waals surface area contributed by atoms with Crippen LogP contribution in [0.4, 0.5) is 15.2 Å². The lowest BCUT2D eigenvalue weighted by molar-refractivity contribution is 0.573. The molecule has 0 spiro atoms. The number of benzene rings is 1. The molecule has 0 amide bonds. The molecule has 1 aromatic heterocycles. The molecule has 5 heteroatoms. The van der Waals surface area contributed by atoms with Crippen LogP contribution in [0.2, 0.25) is 0 Å². The van der Waals surface area contributed by atoms with Crippen molar-refractivity contribution in [1.82, 2.24) is 4.98 Å². The number of para-hydroxylation sites is 1. The van der Waals surface area contributed by atoms with Crippen LogP contribution in [-0.4, -0.2) is 11.5 Å². The molecule has 0 aliphatic heterocycles. The molecule has 0 fully saturated rings. The number of halogens is 1. The lowest BCUT2D eigenvalue weighted by Crippen LogP contribution is -2.17. The van der Waals surface area contributed by atoms with Crippen molar-refractivity contribution in [1.29, 1.82) is 0 Å². The molecule has 0 bridgehead atoms. The molecule has 0 saturated heterocycles. The molecule has 2 N–H and O–H groups in total. The number of thiazole rings is 1. The van der Waals surface area contributed by atoms with Crippen molar-refractivity contribution >= 4 is 22.2 Å². The molecule has 3 nitrogen and oxygen atoms in total. The topological polar surface area (TPSA) is 42.2 Å². The first-order valence-electron chi connectivity index (χ1n) is 6.98. The summed E-state index contributed by atoms with van der Waals surface area (Å²) < 4.78 is 14.0. The molecule has 20 heavy (non-hydrogen) atoms. The van der Waals surface area contributed by atoms with E-state index >= 15 is 0 Å². The Bertz CT molecular complexity index is 611. The quantitative estimate of drug-likeness (QED) is 0.936. The van der Waals surface area contributed by atoms with E-state index in [9.17, 15) is 4.39 Å². The van der Waals surface area contributed by atoms with E-state index in [0.29, 0.717) is 12.2 Å². The first-order chi connectivity index (χ1) is 9.70. The number of nitrogens with two attached hydrogens (primary N) is 1. The van der Waals surface area contributed by atoms with Gasteiger partial charge in [0.15, 0.2) is 5.13 Å². The number of anilines is 2. The van der Waals surface area contributed by atoms with E-state index < -0.39 is 0 Å². The second-order valence-corrected chi connectivity index (χ2v) is 6.01. The fraction of sp³-hybridized carbons (Fsp3) is 0.400. The third-order valence-electron chi connectivity index (χ3n) is 3.67. The third-order valence-corrected chi connectivity index (χ3v) is 4.92. The number of fused-ring (bicyclic) bond motifs is 1. The highest BCUT2D eigenvalue weighted by atomic mass is 32.1. The minimum Gasteiger partial charge on any atom is -0.323 e. The van der Waals surface area contributed by atoms with Gasteiger partial charge in [-0.2, -0.15) is 0 Å². The van der Waals surface area contributed by atoms with E-state index in [1.807, 2.05) is 17.9 Å². The summed E-state index contributed by atoms with van der Waals surface area (Å²) in [6.07, 6.45) is 3.08. The fourth-order valence-electron chi connectivity index (χ4n) is 2.63. The molecule has 1 aliphatic carbocycles. The molecule has 1 aromatic carbocycles. The van der Waals surface area contributed by atoms with Crippen molar-refractivity contribution in [2.75, 3.05) is 11.4 Å². The maximum atomic E-state index is 14.0. The Morgan fingerprint density at radius 1 is 1.45 bits per heavy atom. The van der Waals surface area contributed by atoms with E-state index in [4.69, 9.17) is 5.73 Å². The predicted molar refractivity (Wildman–Crippen MR) is 81.1 cm³/mol. The molecule has 0 saturated carbocycles. The van der Waals surface area contributed by atoms with Crippen molar-refractivity contribution in [3.63, 3.8) is 0 Å². The molecular formula is C15H18FN3S. The van der Waals surface area contributed by atoms with Crippen molar-refractivity contribution in [3.8, 4) is 0 Å². The van der Waals surface area contributed by atoms with Gasteiger partial charge in [0.2, 0.25) is 0 Å². The average Bonchev–Trinajstić information content (AvgIpc) is 2.87. The number of hydrogen-bond acceptors (Lipinski definition) is 4. The van der Waals surface area contributed by atoms with E-state index in [1.54, 1.807) is 23.5 Å². The summed E-state index contributed by atoms with van der Waals surface area (Å²) in [5, 5.41) is 0.847.